The minimum absolute atomic E-state index is 0.114. The Morgan fingerprint density at radius 3 is 2.42 bits per heavy atom. The molecule has 3 rings (SSSR count). The topological polar surface area (TPSA) is 101 Å². The molecule has 0 fully saturated rings. The van der Waals surface area contributed by atoms with Crippen molar-refractivity contribution in [3.8, 4) is 11.5 Å². The van der Waals surface area contributed by atoms with Crippen molar-refractivity contribution < 1.29 is 28.5 Å². The number of carbonyl (C=O) groups excluding carboxylic acids is 2. The highest BCUT2D eigenvalue weighted by Crippen LogP contribution is 2.35. The van der Waals surface area contributed by atoms with Crippen LogP contribution in [0.5, 0.6) is 11.5 Å². The number of hydrogen-bond acceptors (Lipinski definition) is 7. The van der Waals surface area contributed by atoms with Gasteiger partial charge in [0.15, 0.2) is 0 Å². The lowest BCUT2D eigenvalue weighted by Crippen LogP contribution is -2.35. The molecule has 1 aromatic carbocycles. The van der Waals surface area contributed by atoms with E-state index in [-0.39, 0.29) is 24.9 Å². The van der Waals surface area contributed by atoms with Gasteiger partial charge in [-0.3, -0.25) is 4.79 Å². The first kappa shape index (κ1) is 31.3. The SMILES string of the molecule is COC(=O)CC(CNC(=O)OC(C)(C)C)c1ccc(Oc2ccnc3c2c(C)cn3COCCS(C)(C)C)cc1. The number of amides is 1. The zero-order chi connectivity index (χ0) is 29.5. The van der Waals surface area contributed by atoms with Crippen LogP contribution in [-0.4, -0.2) is 72.0 Å². The molecule has 0 radical (unpaired) electrons. The number of benzene rings is 1. The van der Waals surface area contributed by atoms with Gasteiger partial charge in [0.05, 0.1) is 25.5 Å². The summed E-state index contributed by atoms with van der Waals surface area (Å²) in [6, 6.07) is 9.33. The second kappa shape index (κ2) is 13.4. The number of pyridine rings is 1. The highest BCUT2D eigenvalue weighted by molar-refractivity contribution is 8.32. The number of hydrogen-bond donors (Lipinski definition) is 1. The first-order valence-electron chi connectivity index (χ1n) is 13.3. The van der Waals surface area contributed by atoms with Crippen LogP contribution in [0.25, 0.3) is 11.0 Å². The van der Waals surface area contributed by atoms with Crippen LogP contribution in [0.2, 0.25) is 0 Å². The van der Waals surface area contributed by atoms with E-state index < -0.39 is 21.7 Å². The molecule has 0 bridgehead atoms. The maximum atomic E-state index is 12.2. The number of carbonyl (C=O) groups is 2. The molecule has 0 aliphatic carbocycles. The Kier molecular flexibility index (Phi) is 10.5. The molecular weight excluding hydrogens is 530 g/mol. The largest absolute Gasteiger partial charge is 0.469 e. The molecule has 0 saturated heterocycles. The molecule has 0 saturated carbocycles. The Hall–Kier alpha value is -3.24. The van der Waals surface area contributed by atoms with Crippen LogP contribution in [0, 0.1) is 6.92 Å². The lowest BCUT2D eigenvalue weighted by molar-refractivity contribution is -0.141. The zero-order valence-corrected chi connectivity index (χ0v) is 25.7. The third-order valence-corrected chi connectivity index (χ3v) is 7.48. The molecule has 1 N–H and O–H groups in total. The molecule has 1 unspecified atom stereocenters. The van der Waals surface area contributed by atoms with E-state index in [4.69, 9.17) is 18.9 Å². The number of methoxy groups -OCH3 is 1. The molecule has 40 heavy (non-hydrogen) atoms. The van der Waals surface area contributed by atoms with E-state index in [0.717, 1.165) is 27.9 Å². The summed E-state index contributed by atoms with van der Waals surface area (Å²) in [7, 11) is 0.744. The van der Waals surface area contributed by atoms with Crippen molar-refractivity contribution in [2.24, 2.45) is 0 Å². The molecule has 3 aromatic rings. The first-order valence-corrected chi connectivity index (χ1v) is 16.3. The van der Waals surface area contributed by atoms with Crippen molar-refractivity contribution in [1.29, 1.82) is 0 Å². The standard InChI is InChI=1S/C30H43N3O6S/c1-21-19-33(20-37-15-16-40(6,7)8)28-27(21)25(13-14-31-28)38-24-11-9-22(10-12-24)23(17-26(34)36-5)18-32-29(35)39-30(2,3)4/h9-14,19,23H,15-18,20H2,1-8H3,(H,32,35). The maximum Gasteiger partial charge on any atom is 0.407 e. The van der Waals surface area contributed by atoms with E-state index in [9.17, 15) is 9.59 Å². The summed E-state index contributed by atoms with van der Waals surface area (Å²) in [6.07, 6.45) is 10.2. The number of nitrogens with one attached hydrogen (secondary N) is 1. The van der Waals surface area contributed by atoms with Crippen LogP contribution in [0.4, 0.5) is 4.79 Å². The molecule has 220 valence electrons. The summed E-state index contributed by atoms with van der Waals surface area (Å²) in [5.41, 5.74) is 2.11. The van der Waals surface area contributed by atoms with E-state index in [0.29, 0.717) is 24.8 Å². The minimum atomic E-state index is -0.612. The van der Waals surface area contributed by atoms with E-state index in [2.05, 4.69) is 29.1 Å². The van der Waals surface area contributed by atoms with Gasteiger partial charge in [0.1, 0.15) is 29.5 Å². The van der Waals surface area contributed by atoms with Crippen LogP contribution in [0.3, 0.4) is 0 Å². The second-order valence-corrected chi connectivity index (χ2v) is 16.2. The molecule has 9 nitrogen and oxygen atoms in total. The predicted octanol–water partition coefficient (Wildman–Crippen LogP) is 5.98. The molecule has 0 aliphatic heterocycles. The number of aryl methyl sites for hydroxylation is 1. The van der Waals surface area contributed by atoms with Crippen molar-refractivity contribution in [2.75, 3.05) is 44.8 Å². The van der Waals surface area contributed by atoms with Gasteiger partial charge in [-0.15, -0.1) is 0 Å². The predicted molar refractivity (Wildman–Crippen MR) is 161 cm³/mol. The van der Waals surface area contributed by atoms with Crippen LogP contribution < -0.4 is 10.1 Å². The summed E-state index contributed by atoms with van der Waals surface area (Å²) in [6.45, 7) is 8.80. The third kappa shape index (κ3) is 9.45. The van der Waals surface area contributed by atoms with Gasteiger partial charge in [-0.25, -0.2) is 19.8 Å². The van der Waals surface area contributed by atoms with Gasteiger partial charge in [-0.2, -0.15) is 0 Å². The zero-order valence-electron chi connectivity index (χ0n) is 24.9. The minimum Gasteiger partial charge on any atom is -0.469 e. The molecule has 10 heteroatoms. The van der Waals surface area contributed by atoms with Crippen LogP contribution in [-0.2, 0) is 25.7 Å². The summed E-state index contributed by atoms with van der Waals surface area (Å²) >= 11 is 0. The Morgan fingerprint density at radius 1 is 1.10 bits per heavy atom. The van der Waals surface area contributed by atoms with Gasteiger partial charge in [0.2, 0.25) is 0 Å². The van der Waals surface area contributed by atoms with E-state index >= 15 is 0 Å². The number of ether oxygens (including phenoxy) is 4. The Balaban J connectivity index is 1.73. The van der Waals surface area contributed by atoms with Crippen molar-refractivity contribution in [2.45, 2.75) is 52.4 Å². The monoisotopic (exact) mass is 573 g/mol. The van der Waals surface area contributed by atoms with Crippen LogP contribution in [0.15, 0.2) is 42.7 Å². The number of rotatable bonds is 12. The molecule has 1 amide bonds. The average molecular weight is 574 g/mol. The van der Waals surface area contributed by atoms with Gasteiger partial charge in [-0.05, 0) is 75.8 Å². The Labute approximate surface area is 238 Å². The maximum absolute atomic E-state index is 12.2. The fourth-order valence-electron chi connectivity index (χ4n) is 4.08. The smallest absolute Gasteiger partial charge is 0.407 e. The Bertz CT molecular complexity index is 1290. The van der Waals surface area contributed by atoms with Crippen molar-refractivity contribution in [3.05, 3.63) is 53.9 Å². The summed E-state index contributed by atoms with van der Waals surface area (Å²) < 4.78 is 24.4. The Morgan fingerprint density at radius 2 is 1.80 bits per heavy atom. The first-order chi connectivity index (χ1) is 18.8. The number of nitrogens with zero attached hydrogens (tertiary/aromatic N) is 2. The number of aromatic nitrogens is 2. The highest BCUT2D eigenvalue weighted by Gasteiger charge is 2.21. The van der Waals surface area contributed by atoms with Crippen molar-refractivity contribution >= 4 is 33.1 Å². The number of fused-ring (bicyclic) bond motifs is 1. The fourth-order valence-corrected chi connectivity index (χ4v) is 4.70. The lowest BCUT2D eigenvalue weighted by atomic mass is 9.95. The van der Waals surface area contributed by atoms with E-state index in [1.165, 1.54) is 7.11 Å². The lowest BCUT2D eigenvalue weighted by Gasteiger charge is -2.24. The molecule has 2 aromatic heterocycles. The summed E-state index contributed by atoms with van der Waals surface area (Å²) in [5.74, 6) is 1.74. The summed E-state index contributed by atoms with van der Waals surface area (Å²) in [4.78, 5) is 28.8. The number of alkyl carbamates (subject to hydrolysis) is 1. The van der Waals surface area contributed by atoms with Crippen molar-refractivity contribution in [1.82, 2.24) is 14.9 Å². The van der Waals surface area contributed by atoms with Gasteiger partial charge >= 0.3 is 12.1 Å². The van der Waals surface area contributed by atoms with E-state index in [1.54, 1.807) is 27.0 Å². The third-order valence-electron chi connectivity index (χ3n) is 6.09. The highest BCUT2D eigenvalue weighted by atomic mass is 32.3. The van der Waals surface area contributed by atoms with Gasteiger partial charge in [-0.1, -0.05) is 12.1 Å². The molecular formula is C30H43N3O6S. The molecule has 2 heterocycles. The number of esters is 1. The van der Waals surface area contributed by atoms with Gasteiger partial charge < -0.3 is 28.8 Å². The fraction of sp³-hybridized carbons (Fsp3) is 0.500. The van der Waals surface area contributed by atoms with E-state index in [1.807, 2.05) is 48.0 Å². The normalized spacial score (nSPS) is 13.1. The second-order valence-electron chi connectivity index (χ2n) is 11.7. The summed E-state index contributed by atoms with van der Waals surface area (Å²) in [5, 5.41) is 3.69. The van der Waals surface area contributed by atoms with Gasteiger partial charge in [0.25, 0.3) is 0 Å². The average Bonchev–Trinajstić information content (AvgIpc) is 3.19. The quantitative estimate of drug-likeness (QED) is 0.210. The molecule has 0 aliphatic rings. The van der Waals surface area contributed by atoms with Gasteiger partial charge in [0, 0.05) is 30.6 Å². The molecule has 1 atom stereocenters. The van der Waals surface area contributed by atoms with Crippen LogP contribution in [0.1, 0.15) is 44.2 Å². The van der Waals surface area contributed by atoms with Crippen molar-refractivity contribution in [3.63, 3.8) is 0 Å². The van der Waals surface area contributed by atoms with Crippen LogP contribution >= 0.6 is 10.0 Å². The molecule has 0 spiro atoms.